The SMILES string of the molecule is O=C(O)c1cn[nH]c1S(=O)(=O)NCC1CSCCS1. The minimum absolute atomic E-state index is 0.213. The molecular weight excluding hydrogens is 310 g/mol. The van der Waals surface area contributed by atoms with Crippen molar-refractivity contribution >= 4 is 39.5 Å². The largest absolute Gasteiger partial charge is 0.478 e. The summed E-state index contributed by atoms with van der Waals surface area (Å²) in [7, 11) is -3.86. The zero-order chi connectivity index (χ0) is 13.9. The molecule has 7 nitrogen and oxygen atoms in total. The topological polar surface area (TPSA) is 112 Å². The van der Waals surface area contributed by atoms with Gasteiger partial charge in [0.15, 0.2) is 5.03 Å². The summed E-state index contributed by atoms with van der Waals surface area (Å²) in [6, 6.07) is 0. The summed E-state index contributed by atoms with van der Waals surface area (Å²) in [4.78, 5) is 10.9. The smallest absolute Gasteiger partial charge is 0.340 e. The average Bonchev–Trinajstić information content (AvgIpc) is 2.88. The molecule has 0 spiro atoms. The van der Waals surface area contributed by atoms with Gasteiger partial charge in [0.1, 0.15) is 5.56 Å². The molecule has 2 rings (SSSR count). The van der Waals surface area contributed by atoms with Crippen LogP contribution in [-0.2, 0) is 10.0 Å². The van der Waals surface area contributed by atoms with E-state index in [-0.39, 0.29) is 17.4 Å². The molecule has 0 amide bonds. The van der Waals surface area contributed by atoms with E-state index < -0.39 is 21.0 Å². The number of hydrogen-bond acceptors (Lipinski definition) is 6. The van der Waals surface area contributed by atoms with Gasteiger partial charge in [0.2, 0.25) is 0 Å². The number of aromatic amines is 1. The number of nitrogens with zero attached hydrogens (tertiary/aromatic N) is 1. The Balaban J connectivity index is 2.05. The molecule has 1 aromatic heterocycles. The monoisotopic (exact) mass is 323 g/mol. The lowest BCUT2D eigenvalue weighted by Gasteiger charge is -2.20. The van der Waals surface area contributed by atoms with Crippen molar-refractivity contribution in [1.82, 2.24) is 14.9 Å². The van der Waals surface area contributed by atoms with Gasteiger partial charge in [0.25, 0.3) is 10.0 Å². The van der Waals surface area contributed by atoms with Crippen LogP contribution in [0.4, 0.5) is 0 Å². The van der Waals surface area contributed by atoms with Crippen molar-refractivity contribution in [2.45, 2.75) is 10.3 Å². The van der Waals surface area contributed by atoms with E-state index >= 15 is 0 Å². The quantitative estimate of drug-likeness (QED) is 0.711. The molecule has 2 heterocycles. The lowest BCUT2D eigenvalue weighted by Crippen LogP contribution is -2.34. The van der Waals surface area contributed by atoms with Crippen molar-refractivity contribution in [3.05, 3.63) is 11.8 Å². The van der Waals surface area contributed by atoms with E-state index in [0.29, 0.717) is 0 Å². The normalized spacial score (nSPS) is 20.3. The lowest BCUT2D eigenvalue weighted by molar-refractivity contribution is 0.0692. The number of aromatic nitrogens is 2. The van der Waals surface area contributed by atoms with Gasteiger partial charge in [0.05, 0.1) is 6.20 Å². The maximum absolute atomic E-state index is 12.0. The fourth-order valence-electron chi connectivity index (χ4n) is 1.56. The number of nitrogens with one attached hydrogen (secondary N) is 2. The van der Waals surface area contributed by atoms with Gasteiger partial charge in [-0.3, -0.25) is 5.10 Å². The molecule has 1 fully saturated rings. The molecule has 106 valence electrons. The number of carboxylic acids is 1. The highest BCUT2D eigenvalue weighted by molar-refractivity contribution is 8.06. The van der Waals surface area contributed by atoms with Gasteiger partial charge in [-0.05, 0) is 0 Å². The Bertz CT molecular complexity index is 551. The molecule has 1 aliphatic heterocycles. The first-order chi connectivity index (χ1) is 9.00. The van der Waals surface area contributed by atoms with Gasteiger partial charge in [-0.25, -0.2) is 17.9 Å². The first kappa shape index (κ1) is 14.7. The van der Waals surface area contributed by atoms with Crippen LogP contribution in [0.25, 0.3) is 0 Å². The molecule has 1 unspecified atom stereocenters. The lowest BCUT2D eigenvalue weighted by atomic mass is 10.4. The van der Waals surface area contributed by atoms with Crippen LogP contribution in [0.15, 0.2) is 11.2 Å². The van der Waals surface area contributed by atoms with E-state index in [1.54, 1.807) is 23.5 Å². The first-order valence-electron chi connectivity index (χ1n) is 5.46. The Hall–Kier alpha value is -0.710. The molecule has 10 heteroatoms. The Morgan fingerprint density at radius 1 is 1.58 bits per heavy atom. The van der Waals surface area contributed by atoms with Gasteiger partial charge in [-0.1, -0.05) is 0 Å². The summed E-state index contributed by atoms with van der Waals surface area (Å²) in [6.45, 7) is 0.290. The number of carboxylic acid groups (broad SMARTS) is 1. The molecule has 0 saturated carbocycles. The van der Waals surface area contributed by atoms with Crippen LogP contribution in [0.1, 0.15) is 10.4 Å². The second-order valence-corrected chi connectivity index (χ2v) is 8.10. The number of sulfonamides is 1. The molecule has 0 aliphatic carbocycles. The first-order valence-corrected chi connectivity index (χ1v) is 9.15. The maximum Gasteiger partial charge on any atom is 0.340 e. The second-order valence-electron chi connectivity index (χ2n) is 3.84. The van der Waals surface area contributed by atoms with Crippen molar-refractivity contribution < 1.29 is 18.3 Å². The highest BCUT2D eigenvalue weighted by atomic mass is 32.2. The molecule has 1 atom stereocenters. The standard InChI is InChI=1S/C9H13N3O4S3/c13-9(14)7-4-10-12-8(7)19(15,16)11-3-6-5-17-1-2-18-6/h4,6,11H,1-3,5H2,(H,10,12)(H,13,14). The van der Waals surface area contributed by atoms with Crippen molar-refractivity contribution in [2.24, 2.45) is 0 Å². The summed E-state index contributed by atoms with van der Waals surface area (Å²) < 4.78 is 26.4. The van der Waals surface area contributed by atoms with Gasteiger partial charge < -0.3 is 5.11 Å². The summed E-state index contributed by atoms with van der Waals surface area (Å²) in [5.41, 5.74) is -0.349. The van der Waals surface area contributed by atoms with E-state index in [9.17, 15) is 13.2 Å². The number of rotatable bonds is 5. The Morgan fingerprint density at radius 2 is 2.37 bits per heavy atom. The van der Waals surface area contributed by atoms with Crippen LogP contribution in [0.3, 0.4) is 0 Å². The van der Waals surface area contributed by atoms with Crippen LogP contribution in [0.2, 0.25) is 0 Å². The number of thioether (sulfide) groups is 2. The van der Waals surface area contributed by atoms with E-state index in [1.807, 2.05) is 0 Å². The molecule has 3 N–H and O–H groups in total. The predicted molar refractivity (Wildman–Crippen MR) is 74.3 cm³/mol. The minimum atomic E-state index is -3.86. The fraction of sp³-hybridized carbons (Fsp3) is 0.556. The van der Waals surface area contributed by atoms with Crippen LogP contribution >= 0.6 is 23.5 Å². The third-order valence-corrected chi connectivity index (χ3v) is 6.73. The Morgan fingerprint density at radius 3 is 3.00 bits per heavy atom. The Labute approximate surface area is 119 Å². The highest BCUT2D eigenvalue weighted by Gasteiger charge is 2.26. The molecule has 1 saturated heterocycles. The average molecular weight is 323 g/mol. The second kappa shape index (κ2) is 6.16. The van der Waals surface area contributed by atoms with Gasteiger partial charge in [-0.2, -0.15) is 28.6 Å². The number of hydrogen-bond donors (Lipinski definition) is 3. The van der Waals surface area contributed by atoms with E-state index in [4.69, 9.17) is 5.11 Å². The summed E-state index contributed by atoms with van der Waals surface area (Å²) in [5, 5.41) is 14.4. The van der Waals surface area contributed by atoms with Crippen LogP contribution in [0, 0.1) is 0 Å². The molecule has 0 aromatic carbocycles. The van der Waals surface area contributed by atoms with Crippen molar-refractivity contribution in [1.29, 1.82) is 0 Å². The fourth-order valence-corrected chi connectivity index (χ4v) is 5.45. The van der Waals surface area contributed by atoms with Gasteiger partial charge in [-0.15, -0.1) is 0 Å². The molecular formula is C9H13N3O4S3. The van der Waals surface area contributed by atoms with Gasteiger partial charge in [0, 0.05) is 29.1 Å². The molecule has 1 aliphatic rings. The third-order valence-electron chi connectivity index (χ3n) is 2.49. The van der Waals surface area contributed by atoms with Crippen LogP contribution in [-0.4, -0.2) is 58.7 Å². The third kappa shape index (κ3) is 3.65. The van der Waals surface area contributed by atoms with Gasteiger partial charge >= 0.3 is 5.97 Å². The summed E-state index contributed by atoms with van der Waals surface area (Å²) in [6.07, 6.45) is 0.988. The maximum atomic E-state index is 12.0. The van der Waals surface area contributed by atoms with E-state index in [0.717, 1.165) is 23.5 Å². The predicted octanol–water partition coefficient (Wildman–Crippen LogP) is 0.235. The van der Waals surface area contributed by atoms with Crippen molar-refractivity contribution in [3.8, 4) is 0 Å². The van der Waals surface area contributed by atoms with Crippen molar-refractivity contribution in [2.75, 3.05) is 23.8 Å². The summed E-state index contributed by atoms with van der Waals surface area (Å²) >= 11 is 3.51. The number of H-pyrrole nitrogens is 1. The Kier molecular flexibility index (Phi) is 4.76. The zero-order valence-electron chi connectivity index (χ0n) is 9.83. The minimum Gasteiger partial charge on any atom is -0.478 e. The number of aromatic carboxylic acids is 1. The summed E-state index contributed by atoms with van der Waals surface area (Å²) in [5.74, 6) is 1.65. The van der Waals surface area contributed by atoms with E-state index in [2.05, 4.69) is 14.9 Å². The van der Waals surface area contributed by atoms with Crippen LogP contribution in [0.5, 0.6) is 0 Å². The number of carbonyl (C=O) groups is 1. The molecule has 0 radical (unpaired) electrons. The van der Waals surface area contributed by atoms with Crippen molar-refractivity contribution in [3.63, 3.8) is 0 Å². The van der Waals surface area contributed by atoms with E-state index in [1.165, 1.54) is 0 Å². The van der Waals surface area contributed by atoms with Crippen LogP contribution < -0.4 is 4.72 Å². The highest BCUT2D eigenvalue weighted by Crippen LogP contribution is 2.23. The zero-order valence-corrected chi connectivity index (χ0v) is 12.3. The molecule has 1 aromatic rings. The molecule has 19 heavy (non-hydrogen) atoms. The molecule has 0 bridgehead atoms.